The van der Waals surface area contributed by atoms with Gasteiger partial charge in [0.15, 0.2) is 0 Å². The fourth-order valence-electron chi connectivity index (χ4n) is 1.75. The van der Waals surface area contributed by atoms with Crippen LogP contribution in [0.5, 0.6) is 0 Å². The second kappa shape index (κ2) is 6.05. The van der Waals surface area contributed by atoms with Gasteiger partial charge in [-0.1, -0.05) is 29.8 Å². The van der Waals surface area contributed by atoms with E-state index in [0.717, 1.165) is 12.2 Å². The Balaban J connectivity index is 1.96. The van der Waals surface area contributed by atoms with E-state index in [9.17, 15) is 4.79 Å². The van der Waals surface area contributed by atoms with Gasteiger partial charge in [0.1, 0.15) is 0 Å². The van der Waals surface area contributed by atoms with Crippen LogP contribution in [0.15, 0.2) is 48.5 Å². The summed E-state index contributed by atoms with van der Waals surface area (Å²) in [6.45, 7) is 2.83. The standard InChI is InChI=1S/C16H17NO2/c1-12-3-5-13(6-4-12)11-17-15-9-7-14(8-10-15)16(18)19-2/h3-10,17H,11H2,1-2H3. The molecule has 2 aromatic carbocycles. The smallest absolute Gasteiger partial charge is 0.337 e. The van der Waals surface area contributed by atoms with Crippen molar-refractivity contribution in [1.29, 1.82) is 0 Å². The molecule has 0 aromatic heterocycles. The van der Waals surface area contributed by atoms with Crippen molar-refractivity contribution in [2.45, 2.75) is 13.5 Å². The zero-order valence-electron chi connectivity index (χ0n) is 11.1. The fraction of sp³-hybridized carbons (Fsp3) is 0.188. The van der Waals surface area contributed by atoms with Gasteiger partial charge in [0.05, 0.1) is 12.7 Å². The van der Waals surface area contributed by atoms with Crippen LogP contribution in [0.1, 0.15) is 21.5 Å². The van der Waals surface area contributed by atoms with E-state index in [-0.39, 0.29) is 5.97 Å². The molecular formula is C16H17NO2. The summed E-state index contributed by atoms with van der Waals surface area (Å²) in [7, 11) is 1.38. The molecule has 0 aliphatic carbocycles. The molecule has 0 bridgehead atoms. The highest BCUT2D eigenvalue weighted by Crippen LogP contribution is 2.12. The Morgan fingerprint density at radius 1 is 1.05 bits per heavy atom. The van der Waals surface area contributed by atoms with Gasteiger partial charge in [-0.3, -0.25) is 0 Å². The van der Waals surface area contributed by atoms with E-state index in [2.05, 4.69) is 41.2 Å². The molecule has 0 saturated heterocycles. The van der Waals surface area contributed by atoms with Crippen LogP contribution >= 0.6 is 0 Å². The van der Waals surface area contributed by atoms with Crippen LogP contribution in [-0.2, 0) is 11.3 Å². The predicted molar refractivity (Wildman–Crippen MR) is 76.3 cm³/mol. The largest absolute Gasteiger partial charge is 0.465 e. The summed E-state index contributed by atoms with van der Waals surface area (Å²) >= 11 is 0. The zero-order chi connectivity index (χ0) is 13.7. The third-order valence-corrected chi connectivity index (χ3v) is 2.92. The molecule has 2 rings (SSSR count). The number of carbonyl (C=O) groups is 1. The van der Waals surface area contributed by atoms with Crippen LogP contribution < -0.4 is 5.32 Å². The van der Waals surface area contributed by atoms with E-state index < -0.39 is 0 Å². The summed E-state index contributed by atoms with van der Waals surface area (Å²) in [5.41, 5.74) is 4.02. The van der Waals surface area contributed by atoms with Gasteiger partial charge in [-0.25, -0.2) is 4.79 Å². The van der Waals surface area contributed by atoms with Crippen LogP contribution in [-0.4, -0.2) is 13.1 Å². The minimum absolute atomic E-state index is 0.315. The van der Waals surface area contributed by atoms with Gasteiger partial charge in [0.25, 0.3) is 0 Å². The molecule has 0 spiro atoms. The fourth-order valence-corrected chi connectivity index (χ4v) is 1.75. The number of rotatable bonds is 4. The molecule has 1 N–H and O–H groups in total. The summed E-state index contributed by atoms with van der Waals surface area (Å²) in [5, 5.41) is 3.31. The van der Waals surface area contributed by atoms with Gasteiger partial charge in [-0.2, -0.15) is 0 Å². The van der Waals surface area contributed by atoms with Gasteiger partial charge in [-0.05, 0) is 36.8 Å². The molecule has 0 saturated carbocycles. The van der Waals surface area contributed by atoms with Gasteiger partial charge in [0, 0.05) is 12.2 Å². The lowest BCUT2D eigenvalue weighted by molar-refractivity contribution is 0.0601. The Labute approximate surface area is 113 Å². The lowest BCUT2D eigenvalue weighted by Gasteiger charge is -2.07. The molecule has 0 aliphatic rings. The number of carbonyl (C=O) groups excluding carboxylic acids is 1. The van der Waals surface area contributed by atoms with Crippen LogP contribution in [0.25, 0.3) is 0 Å². The highest BCUT2D eigenvalue weighted by atomic mass is 16.5. The molecule has 3 nitrogen and oxygen atoms in total. The molecule has 0 heterocycles. The minimum atomic E-state index is -0.315. The average molecular weight is 255 g/mol. The van der Waals surface area contributed by atoms with E-state index in [4.69, 9.17) is 0 Å². The molecule has 3 heteroatoms. The van der Waals surface area contributed by atoms with Crippen molar-refractivity contribution in [2.75, 3.05) is 12.4 Å². The summed E-state index contributed by atoms with van der Waals surface area (Å²) in [6, 6.07) is 15.7. The van der Waals surface area contributed by atoms with E-state index in [1.807, 2.05) is 12.1 Å². The number of esters is 1. The van der Waals surface area contributed by atoms with E-state index in [1.165, 1.54) is 18.2 Å². The lowest BCUT2D eigenvalue weighted by Crippen LogP contribution is -2.02. The van der Waals surface area contributed by atoms with Crippen molar-refractivity contribution in [1.82, 2.24) is 0 Å². The van der Waals surface area contributed by atoms with Crippen molar-refractivity contribution in [3.05, 3.63) is 65.2 Å². The zero-order valence-corrected chi connectivity index (χ0v) is 11.1. The first-order valence-electron chi connectivity index (χ1n) is 6.17. The van der Waals surface area contributed by atoms with Crippen molar-refractivity contribution in [2.24, 2.45) is 0 Å². The maximum atomic E-state index is 11.3. The normalized spacial score (nSPS) is 10.0. The number of hydrogen-bond acceptors (Lipinski definition) is 3. The van der Waals surface area contributed by atoms with Gasteiger partial charge in [-0.15, -0.1) is 0 Å². The van der Waals surface area contributed by atoms with Crippen LogP contribution in [0.3, 0.4) is 0 Å². The number of benzene rings is 2. The number of aryl methyl sites for hydroxylation is 1. The Kier molecular flexibility index (Phi) is 4.18. The third-order valence-electron chi connectivity index (χ3n) is 2.92. The monoisotopic (exact) mass is 255 g/mol. The molecule has 98 valence electrons. The Morgan fingerprint density at radius 2 is 1.68 bits per heavy atom. The van der Waals surface area contributed by atoms with Crippen LogP contribution in [0, 0.1) is 6.92 Å². The highest BCUT2D eigenvalue weighted by molar-refractivity contribution is 5.89. The summed E-state index contributed by atoms with van der Waals surface area (Å²) in [6.07, 6.45) is 0. The van der Waals surface area contributed by atoms with Crippen LogP contribution in [0.4, 0.5) is 5.69 Å². The first-order chi connectivity index (χ1) is 9.19. The molecule has 0 radical (unpaired) electrons. The second-order valence-corrected chi connectivity index (χ2v) is 4.41. The van der Waals surface area contributed by atoms with Crippen molar-refractivity contribution in [3.8, 4) is 0 Å². The Morgan fingerprint density at radius 3 is 2.26 bits per heavy atom. The first-order valence-corrected chi connectivity index (χ1v) is 6.17. The summed E-state index contributed by atoms with van der Waals surface area (Å²) in [5.74, 6) is -0.315. The lowest BCUT2D eigenvalue weighted by atomic mass is 10.1. The maximum absolute atomic E-state index is 11.3. The van der Waals surface area contributed by atoms with Crippen molar-refractivity contribution in [3.63, 3.8) is 0 Å². The topological polar surface area (TPSA) is 38.3 Å². The first kappa shape index (κ1) is 13.1. The molecule has 0 atom stereocenters. The van der Waals surface area contributed by atoms with Gasteiger partial charge < -0.3 is 10.1 Å². The second-order valence-electron chi connectivity index (χ2n) is 4.41. The molecule has 0 aliphatic heterocycles. The number of nitrogens with one attached hydrogen (secondary N) is 1. The summed E-state index contributed by atoms with van der Waals surface area (Å²) < 4.78 is 4.66. The number of methoxy groups -OCH3 is 1. The van der Waals surface area contributed by atoms with E-state index >= 15 is 0 Å². The van der Waals surface area contributed by atoms with Crippen LogP contribution in [0.2, 0.25) is 0 Å². The molecular weight excluding hydrogens is 238 g/mol. The SMILES string of the molecule is COC(=O)c1ccc(NCc2ccc(C)cc2)cc1. The maximum Gasteiger partial charge on any atom is 0.337 e. The Bertz CT molecular complexity index is 544. The minimum Gasteiger partial charge on any atom is -0.465 e. The highest BCUT2D eigenvalue weighted by Gasteiger charge is 2.03. The average Bonchev–Trinajstić information content (AvgIpc) is 2.46. The molecule has 2 aromatic rings. The van der Waals surface area contributed by atoms with E-state index in [1.54, 1.807) is 12.1 Å². The van der Waals surface area contributed by atoms with Gasteiger partial charge in [0.2, 0.25) is 0 Å². The number of anilines is 1. The molecule has 0 amide bonds. The van der Waals surface area contributed by atoms with Gasteiger partial charge >= 0.3 is 5.97 Å². The molecule has 0 fully saturated rings. The summed E-state index contributed by atoms with van der Waals surface area (Å²) in [4.78, 5) is 11.3. The molecule has 0 unspecified atom stereocenters. The number of ether oxygens (including phenoxy) is 1. The van der Waals surface area contributed by atoms with E-state index in [0.29, 0.717) is 5.56 Å². The molecule has 19 heavy (non-hydrogen) atoms. The van der Waals surface area contributed by atoms with Crippen molar-refractivity contribution < 1.29 is 9.53 Å². The number of hydrogen-bond donors (Lipinski definition) is 1. The predicted octanol–water partition coefficient (Wildman–Crippen LogP) is 3.39. The quantitative estimate of drug-likeness (QED) is 0.851. The Hall–Kier alpha value is -2.29. The third kappa shape index (κ3) is 3.58. The van der Waals surface area contributed by atoms with Crippen molar-refractivity contribution >= 4 is 11.7 Å².